The quantitative estimate of drug-likeness (QED) is 0.826. The Morgan fingerprint density at radius 3 is 2.11 bits per heavy atom. The summed E-state index contributed by atoms with van der Waals surface area (Å²) in [6, 6.07) is 5.54. The van der Waals surface area contributed by atoms with Crippen molar-refractivity contribution in [1.82, 2.24) is 5.32 Å². The van der Waals surface area contributed by atoms with Crippen LogP contribution in [0.3, 0.4) is 0 Å². The maximum absolute atomic E-state index is 12.5. The molecule has 18 heavy (non-hydrogen) atoms. The first-order valence-corrected chi connectivity index (χ1v) is 6.22. The second-order valence-corrected chi connectivity index (χ2v) is 4.71. The summed E-state index contributed by atoms with van der Waals surface area (Å²) in [6.07, 6.45) is -2.26. The first kappa shape index (κ1) is 15.0. The number of halogens is 3. The van der Waals surface area contributed by atoms with Crippen LogP contribution in [0.1, 0.15) is 43.9 Å². The van der Waals surface area contributed by atoms with Crippen molar-refractivity contribution in [2.75, 3.05) is 7.05 Å². The summed E-state index contributed by atoms with van der Waals surface area (Å²) in [6.45, 7) is 4.26. The molecule has 0 spiro atoms. The maximum Gasteiger partial charge on any atom is 0.416 e. The molecule has 1 nitrogen and oxygen atoms in total. The molecular weight excluding hydrogens is 239 g/mol. The molecule has 0 saturated carbocycles. The van der Waals surface area contributed by atoms with E-state index in [9.17, 15) is 13.2 Å². The van der Waals surface area contributed by atoms with Crippen molar-refractivity contribution < 1.29 is 13.2 Å². The van der Waals surface area contributed by atoms with E-state index in [0.717, 1.165) is 30.5 Å². The summed E-state index contributed by atoms with van der Waals surface area (Å²) >= 11 is 0. The van der Waals surface area contributed by atoms with Crippen molar-refractivity contribution >= 4 is 0 Å². The maximum atomic E-state index is 12.5. The third kappa shape index (κ3) is 4.02. The van der Waals surface area contributed by atoms with Crippen LogP contribution in [0.4, 0.5) is 13.2 Å². The van der Waals surface area contributed by atoms with Crippen molar-refractivity contribution in [3.8, 4) is 0 Å². The molecule has 4 heteroatoms. The van der Waals surface area contributed by atoms with E-state index >= 15 is 0 Å². The average Bonchev–Trinajstić information content (AvgIpc) is 2.34. The van der Waals surface area contributed by atoms with Crippen LogP contribution in [0, 0.1) is 5.92 Å². The molecule has 1 aromatic carbocycles. The van der Waals surface area contributed by atoms with E-state index in [2.05, 4.69) is 19.2 Å². The fourth-order valence-corrected chi connectivity index (χ4v) is 1.89. The van der Waals surface area contributed by atoms with Gasteiger partial charge in [-0.3, -0.25) is 0 Å². The first-order valence-electron chi connectivity index (χ1n) is 6.22. The zero-order valence-electron chi connectivity index (χ0n) is 11.0. The number of hydrogen-bond acceptors (Lipinski definition) is 1. The average molecular weight is 259 g/mol. The Bertz CT molecular complexity index is 356. The topological polar surface area (TPSA) is 12.0 Å². The third-order valence-electron chi connectivity index (χ3n) is 3.32. The van der Waals surface area contributed by atoms with Crippen molar-refractivity contribution in [3.63, 3.8) is 0 Å². The Balaban J connectivity index is 2.82. The largest absolute Gasteiger partial charge is 0.416 e. The molecule has 1 rings (SSSR count). The summed E-state index contributed by atoms with van der Waals surface area (Å²) in [5, 5.41) is 3.16. The van der Waals surface area contributed by atoms with Gasteiger partial charge in [-0.2, -0.15) is 13.2 Å². The molecule has 1 aromatic rings. The molecule has 0 bridgehead atoms. The second kappa shape index (κ2) is 6.23. The minimum Gasteiger partial charge on any atom is -0.313 e. The summed E-state index contributed by atoms with van der Waals surface area (Å²) in [5.41, 5.74) is 0.315. The predicted molar refractivity (Wildman–Crippen MR) is 67.3 cm³/mol. The highest BCUT2D eigenvalue weighted by Gasteiger charge is 2.30. The lowest BCUT2D eigenvalue weighted by Crippen LogP contribution is -2.19. The van der Waals surface area contributed by atoms with E-state index in [0.29, 0.717) is 5.92 Å². The molecule has 0 fully saturated rings. The minimum atomic E-state index is -4.26. The Labute approximate surface area is 106 Å². The number of alkyl halides is 3. The van der Waals surface area contributed by atoms with Crippen molar-refractivity contribution in [2.45, 2.75) is 38.9 Å². The van der Waals surface area contributed by atoms with Crippen LogP contribution in [0.2, 0.25) is 0 Å². The van der Waals surface area contributed by atoms with Crippen LogP contribution < -0.4 is 5.32 Å². The van der Waals surface area contributed by atoms with Crippen LogP contribution in [-0.4, -0.2) is 7.05 Å². The van der Waals surface area contributed by atoms with Crippen molar-refractivity contribution in [1.29, 1.82) is 0 Å². The zero-order valence-corrected chi connectivity index (χ0v) is 11.0. The Morgan fingerprint density at radius 1 is 1.17 bits per heavy atom. The highest BCUT2D eigenvalue weighted by molar-refractivity contribution is 5.26. The van der Waals surface area contributed by atoms with Gasteiger partial charge in [0.15, 0.2) is 0 Å². The van der Waals surface area contributed by atoms with Gasteiger partial charge in [-0.05, 0) is 37.1 Å². The van der Waals surface area contributed by atoms with Gasteiger partial charge in [0.05, 0.1) is 5.56 Å². The van der Waals surface area contributed by atoms with Gasteiger partial charge >= 0.3 is 6.18 Å². The van der Waals surface area contributed by atoms with Gasteiger partial charge in [-0.15, -0.1) is 0 Å². The van der Waals surface area contributed by atoms with Crippen LogP contribution in [0.15, 0.2) is 24.3 Å². The molecule has 1 N–H and O–H groups in total. The summed E-state index contributed by atoms with van der Waals surface area (Å²) in [4.78, 5) is 0. The van der Waals surface area contributed by atoms with E-state index in [1.807, 2.05) is 7.05 Å². The van der Waals surface area contributed by atoms with Crippen molar-refractivity contribution in [3.05, 3.63) is 35.4 Å². The Kier molecular flexibility index (Phi) is 5.20. The molecule has 0 aromatic heterocycles. The normalized spacial score (nSPS) is 15.4. The molecule has 0 aliphatic carbocycles. The van der Waals surface area contributed by atoms with Crippen LogP contribution in [0.5, 0.6) is 0 Å². The van der Waals surface area contributed by atoms with Gasteiger partial charge in [0, 0.05) is 6.04 Å². The summed E-state index contributed by atoms with van der Waals surface area (Å²) in [5.74, 6) is 0.546. The summed E-state index contributed by atoms with van der Waals surface area (Å²) < 4.78 is 37.4. The van der Waals surface area contributed by atoms with E-state index in [4.69, 9.17) is 0 Å². The van der Waals surface area contributed by atoms with Gasteiger partial charge < -0.3 is 5.32 Å². The van der Waals surface area contributed by atoms with Crippen LogP contribution in [0.25, 0.3) is 0 Å². The van der Waals surface area contributed by atoms with Crippen LogP contribution >= 0.6 is 0 Å². The molecular formula is C14H20F3N. The molecule has 0 heterocycles. The third-order valence-corrected chi connectivity index (χ3v) is 3.32. The van der Waals surface area contributed by atoms with Gasteiger partial charge in [-0.25, -0.2) is 0 Å². The minimum absolute atomic E-state index is 0.113. The fraction of sp³-hybridized carbons (Fsp3) is 0.571. The Morgan fingerprint density at radius 2 is 1.72 bits per heavy atom. The highest BCUT2D eigenvalue weighted by atomic mass is 19.4. The SMILES string of the molecule is CCC(C)CC(NC)c1ccc(C(F)(F)F)cc1. The fourth-order valence-electron chi connectivity index (χ4n) is 1.89. The lowest BCUT2D eigenvalue weighted by molar-refractivity contribution is -0.137. The van der Waals surface area contributed by atoms with E-state index in [1.165, 1.54) is 0 Å². The van der Waals surface area contributed by atoms with Gasteiger partial charge in [0.1, 0.15) is 0 Å². The van der Waals surface area contributed by atoms with E-state index < -0.39 is 11.7 Å². The lowest BCUT2D eigenvalue weighted by atomic mass is 9.94. The van der Waals surface area contributed by atoms with E-state index in [1.54, 1.807) is 12.1 Å². The molecule has 0 saturated heterocycles. The molecule has 102 valence electrons. The zero-order chi connectivity index (χ0) is 13.8. The van der Waals surface area contributed by atoms with Crippen LogP contribution in [-0.2, 0) is 6.18 Å². The summed E-state index contributed by atoms with van der Waals surface area (Å²) in [7, 11) is 1.84. The number of benzene rings is 1. The first-order chi connectivity index (χ1) is 8.38. The van der Waals surface area contributed by atoms with Gasteiger partial charge in [0.25, 0.3) is 0 Å². The smallest absolute Gasteiger partial charge is 0.313 e. The second-order valence-electron chi connectivity index (χ2n) is 4.71. The number of hydrogen-bond donors (Lipinski definition) is 1. The number of nitrogens with one attached hydrogen (secondary N) is 1. The molecule has 0 amide bonds. The van der Waals surface area contributed by atoms with Crippen molar-refractivity contribution in [2.24, 2.45) is 5.92 Å². The predicted octanol–water partition coefficient (Wildman–Crippen LogP) is 4.40. The molecule has 0 radical (unpaired) electrons. The lowest BCUT2D eigenvalue weighted by Gasteiger charge is -2.20. The standard InChI is InChI=1S/C14H20F3N/c1-4-10(2)9-13(18-3)11-5-7-12(8-6-11)14(15,16)17/h5-8,10,13,18H,4,9H2,1-3H3. The molecule has 0 aliphatic heterocycles. The molecule has 2 unspecified atom stereocenters. The monoisotopic (exact) mass is 259 g/mol. The molecule has 2 atom stereocenters. The number of rotatable bonds is 5. The Hall–Kier alpha value is -1.03. The highest BCUT2D eigenvalue weighted by Crippen LogP contribution is 2.31. The van der Waals surface area contributed by atoms with E-state index in [-0.39, 0.29) is 6.04 Å². The molecule has 0 aliphatic rings. The van der Waals surface area contributed by atoms with Gasteiger partial charge in [-0.1, -0.05) is 32.4 Å². The van der Waals surface area contributed by atoms with Gasteiger partial charge in [0.2, 0.25) is 0 Å².